The zero-order valence-electron chi connectivity index (χ0n) is 13.4. The van der Waals surface area contributed by atoms with Crippen molar-refractivity contribution < 1.29 is 4.74 Å². The fraction of sp³-hybridized carbons (Fsp3) is 0.143. The third-order valence-corrected chi connectivity index (χ3v) is 3.64. The smallest absolute Gasteiger partial charge is 0.119 e. The summed E-state index contributed by atoms with van der Waals surface area (Å²) in [7, 11) is 0. The Bertz CT molecular complexity index is 756. The van der Waals surface area contributed by atoms with E-state index in [0.717, 1.165) is 28.0 Å². The molecule has 2 heteroatoms. The lowest BCUT2D eigenvalue weighted by Gasteiger charge is -2.06. The predicted molar refractivity (Wildman–Crippen MR) is 98.7 cm³/mol. The van der Waals surface area contributed by atoms with Gasteiger partial charge in [0.05, 0.1) is 6.61 Å². The first kappa shape index (κ1) is 16.9. The van der Waals surface area contributed by atoms with E-state index in [1.807, 2.05) is 62.4 Å². The normalized spacial score (nSPS) is 11.1. The Kier molecular flexibility index (Phi) is 6.09. The van der Waals surface area contributed by atoms with Crippen molar-refractivity contribution in [3.8, 4) is 17.6 Å². The SMILES string of the molecule is C=C/C(C#Cc1ccc(Cl)cc1)=C(/C)c1ccc(OCC)cc1. The molecule has 0 aliphatic heterocycles. The lowest BCUT2D eigenvalue weighted by Crippen LogP contribution is -1.91. The Balaban J connectivity index is 2.28. The summed E-state index contributed by atoms with van der Waals surface area (Å²) in [6.07, 6.45) is 1.79. The Morgan fingerprint density at radius 3 is 2.35 bits per heavy atom. The highest BCUT2D eigenvalue weighted by atomic mass is 35.5. The van der Waals surface area contributed by atoms with Crippen molar-refractivity contribution >= 4 is 17.2 Å². The number of ether oxygens (including phenoxy) is 1. The largest absolute Gasteiger partial charge is 0.494 e. The molecule has 23 heavy (non-hydrogen) atoms. The third kappa shape index (κ3) is 4.77. The van der Waals surface area contributed by atoms with Gasteiger partial charge in [0.2, 0.25) is 0 Å². The second kappa shape index (κ2) is 8.27. The first-order chi connectivity index (χ1) is 11.1. The topological polar surface area (TPSA) is 9.23 Å². The number of rotatable bonds is 4. The van der Waals surface area contributed by atoms with Crippen LogP contribution in [-0.2, 0) is 0 Å². The second-order valence-electron chi connectivity index (χ2n) is 4.96. The lowest BCUT2D eigenvalue weighted by atomic mass is 10.0. The quantitative estimate of drug-likeness (QED) is 0.514. The summed E-state index contributed by atoms with van der Waals surface area (Å²) in [6.45, 7) is 8.56. The van der Waals surface area contributed by atoms with Gasteiger partial charge in [-0.1, -0.05) is 48.2 Å². The van der Waals surface area contributed by atoms with Crippen molar-refractivity contribution in [2.75, 3.05) is 6.61 Å². The second-order valence-corrected chi connectivity index (χ2v) is 5.39. The number of allylic oxidation sites excluding steroid dienone is 3. The van der Waals surface area contributed by atoms with Crippen LogP contribution in [0.3, 0.4) is 0 Å². The molecule has 0 N–H and O–H groups in total. The van der Waals surface area contributed by atoms with Gasteiger partial charge in [0, 0.05) is 16.2 Å². The summed E-state index contributed by atoms with van der Waals surface area (Å²) in [5.74, 6) is 7.19. The van der Waals surface area contributed by atoms with E-state index in [4.69, 9.17) is 16.3 Å². The molecular formula is C21H19ClO. The van der Waals surface area contributed by atoms with E-state index in [1.165, 1.54) is 0 Å². The van der Waals surface area contributed by atoms with Crippen LogP contribution in [0.4, 0.5) is 0 Å². The molecule has 0 heterocycles. The molecule has 0 saturated heterocycles. The summed E-state index contributed by atoms with van der Waals surface area (Å²) < 4.78 is 5.47. The van der Waals surface area contributed by atoms with E-state index in [2.05, 4.69) is 18.4 Å². The molecule has 0 unspecified atom stereocenters. The van der Waals surface area contributed by atoms with Crippen molar-refractivity contribution in [2.45, 2.75) is 13.8 Å². The van der Waals surface area contributed by atoms with Crippen molar-refractivity contribution in [1.82, 2.24) is 0 Å². The van der Waals surface area contributed by atoms with Crippen LogP contribution >= 0.6 is 11.6 Å². The molecule has 0 atom stereocenters. The van der Waals surface area contributed by atoms with Crippen LogP contribution in [0.25, 0.3) is 5.57 Å². The minimum atomic E-state index is 0.665. The van der Waals surface area contributed by atoms with Crippen LogP contribution in [0.1, 0.15) is 25.0 Å². The fourth-order valence-electron chi connectivity index (χ4n) is 2.09. The van der Waals surface area contributed by atoms with Crippen molar-refractivity contribution in [1.29, 1.82) is 0 Å². The predicted octanol–water partition coefficient (Wildman–Crippen LogP) is 5.75. The standard InChI is InChI=1S/C21H19ClO/c1-4-18(9-6-17-7-12-20(22)13-8-17)16(3)19-10-14-21(15-11-19)23-5-2/h4,7-8,10-15H,1,5H2,2-3H3/b18-16+. The Morgan fingerprint density at radius 1 is 1.13 bits per heavy atom. The number of benzene rings is 2. The minimum Gasteiger partial charge on any atom is -0.494 e. The molecule has 1 nitrogen and oxygen atoms in total. The highest BCUT2D eigenvalue weighted by Crippen LogP contribution is 2.22. The molecule has 0 radical (unpaired) electrons. The van der Waals surface area contributed by atoms with Gasteiger partial charge in [0.15, 0.2) is 0 Å². The van der Waals surface area contributed by atoms with E-state index in [1.54, 1.807) is 6.08 Å². The van der Waals surface area contributed by atoms with E-state index in [0.29, 0.717) is 11.6 Å². The fourth-order valence-corrected chi connectivity index (χ4v) is 2.22. The summed E-state index contributed by atoms with van der Waals surface area (Å²) in [5, 5.41) is 0.709. The first-order valence-corrected chi connectivity index (χ1v) is 7.86. The maximum Gasteiger partial charge on any atom is 0.119 e. The summed E-state index contributed by atoms with van der Waals surface area (Å²) in [6, 6.07) is 15.5. The summed E-state index contributed by atoms with van der Waals surface area (Å²) in [4.78, 5) is 0. The van der Waals surface area contributed by atoms with Crippen LogP contribution < -0.4 is 4.74 Å². The maximum atomic E-state index is 5.88. The van der Waals surface area contributed by atoms with Gasteiger partial charge < -0.3 is 4.74 Å². The van der Waals surface area contributed by atoms with Crippen LogP contribution in [0.5, 0.6) is 5.75 Å². The Morgan fingerprint density at radius 2 is 1.78 bits per heavy atom. The van der Waals surface area contributed by atoms with E-state index >= 15 is 0 Å². The Labute approximate surface area is 143 Å². The maximum absolute atomic E-state index is 5.88. The third-order valence-electron chi connectivity index (χ3n) is 3.39. The average Bonchev–Trinajstić information content (AvgIpc) is 2.58. The van der Waals surface area contributed by atoms with Gasteiger partial charge in [-0.05, 0) is 61.4 Å². The zero-order valence-corrected chi connectivity index (χ0v) is 14.2. The molecule has 0 spiro atoms. The van der Waals surface area contributed by atoms with Crippen molar-refractivity contribution in [2.24, 2.45) is 0 Å². The lowest BCUT2D eigenvalue weighted by molar-refractivity contribution is 0.340. The van der Waals surface area contributed by atoms with E-state index in [9.17, 15) is 0 Å². The van der Waals surface area contributed by atoms with Crippen LogP contribution in [-0.4, -0.2) is 6.61 Å². The van der Waals surface area contributed by atoms with Crippen LogP contribution in [0.15, 0.2) is 66.8 Å². The number of hydrogen-bond acceptors (Lipinski definition) is 1. The van der Waals surface area contributed by atoms with Crippen molar-refractivity contribution in [3.63, 3.8) is 0 Å². The molecule has 2 rings (SSSR count). The highest BCUT2D eigenvalue weighted by Gasteiger charge is 2.01. The minimum absolute atomic E-state index is 0.665. The molecule has 0 fully saturated rings. The van der Waals surface area contributed by atoms with Crippen LogP contribution in [0.2, 0.25) is 5.02 Å². The zero-order chi connectivity index (χ0) is 16.7. The molecule has 0 aliphatic carbocycles. The summed E-state index contributed by atoms with van der Waals surface area (Å²) >= 11 is 5.88. The van der Waals surface area contributed by atoms with Gasteiger partial charge in [-0.25, -0.2) is 0 Å². The highest BCUT2D eigenvalue weighted by molar-refractivity contribution is 6.30. The summed E-state index contributed by atoms with van der Waals surface area (Å²) in [5.41, 5.74) is 4.02. The average molecular weight is 323 g/mol. The van der Waals surface area contributed by atoms with E-state index < -0.39 is 0 Å². The van der Waals surface area contributed by atoms with Crippen LogP contribution in [0, 0.1) is 11.8 Å². The van der Waals surface area contributed by atoms with E-state index in [-0.39, 0.29) is 0 Å². The van der Waals surface area contributed by atoms with Crippen molar-refractivity contribution in [3.05, 3.63) is 82.9 Å². The van der Waals surface area contributed by atoms with Gasteiger partial charge in [0.1, 0.15) is 5.75 Å². The first-order valence-electron chi connectivity index (χ1n) is 7.48. The molecule has 0 bridgehead atoms. The number of halogens is 1. The van der Waals surface area contributed by atoms with Gasteiger partial charge >= 0.3 is 0 Å². The van der Waals surface area contributed by atoms with Gasteiger partial charge in [-0.15, -0.1) is 0 Å². The molecule has 0 amide bonds. The molecule has 2 aromatic rings. The van der Waals surface area contributed by atoms with Gasteiger partial charge in [-0.2, -0.15) is 0 Å². The van der Waals surface area contributed by atoms with Gasteiger partial charge in [-0.3, -0.25) is 0 Å². The monoisotopic (exact) mass is 322 g/mol. The molecule has 0 aliphatic rings. The molecule has 0 aromatic heterocycles. The van der Waals surface area contributed by atoms with Gasteiger partial charge in [0.25, 0.3) is 0 Å². The number of hydrogen-bond donors (Lipinski definition) is 0. The Hall–Kier alpha value is -2.43. The molecule has 116 valence electrons. The molecule has 0 saturated carbocycles. The molecule has 2 aromatic carbocycles. The molecular weight excluding hydrogens is 304 g/mol.